The zero-order valence-electron chi connectivity index (χ0n) is 11.1. The van der Waals surface area contributed by atoms with Gasteiger partial charge in [0.05, 0.1) is 18.4 Å². The lowest BCUT2D eigenvalue weighted by Crippen LogP contribution is -2.02. The number of hydrogen-bond donors (Lipinski definition) is 1. The Morgan fingerprint density at radius 3 is 2.53 bits per heavy atom. The quantitative estimate of drug-likeness (QED) is 0.906. The van der Waals surface area contributed by atoms with E-state index in [1.54, 1.807) is 7.11 Å². The van der Waals surface area contributed by atoms with Crippen molar-refractivity contribution in [2.45, 2.75) is 13.5 Å². The Bertz CT molecular complexity index is 597. The van der Waals surface area contributed by atoms with E-state index in [-0.39, 0.29) is 0 Å². The van der Waals surface area contributed by atoms with Crippen molar-refractivity contribution in [2.24, 2.45) is 0 Å². The molecule has 0 heterocycles. The predicted octanol–water partition coefficient (Wildman–Crippen LogP) is 3.49. The molecular formula is C16H16N2O. The standard InChI is InChI=1S/C16H16N2O/c1-12-4-3-5-16(15(12)10-17)18-11-13-6-8-14(19-2)9-7-13/h3-9,18H,11H2,1-2H3. The average Bonchev–Trinajstić information content (AvgIpc) is 2.45. The number of rotatable bonds is 4. The van der Waals surface area contributed by atoms with Gasteiger partial charge in [-0.3, -0.25) is 0 Å². The van der Waals surface area contributed by atoms with Gasteiger partial charge in [-0.15, -0.1) is 0 Å². The van der Waals surface area contributed by atoms with Crippen LogP contribution in [0.1, 0.15) is 16.7 Å². The zero-order chi connectivity index (χ0) is 13.7. The summed E-state index contributed by atoms with van der Waals surface area (Å²) in [5.74, 6) is 0.844. The molecule has 2 aromatic rings. The van der Waals surface area contributed by atoms with E-state index in [1.807, 2.05) is 49.4 Å². The fraction of sp³-hybridized carbons (Fsp3) is 0.188. The van der Waals surface area contributed by atoms with E-state index in [0.29, 0.717) is 12.1 Å². The molecule has 19 heavy (non-hydrogen) atoms. The highest BCUT2D eigenvalue weighted by atomic mass is 16.5. The third kappa shape index (κ3) is 3.05. The Kier molecular flexibility index (Phi) is 4.04. The zero-order valence-corrected chi connectivity index (χ0v) is 11.1. The highest BCUT2D eigenvalue weighted by Gasteiger charge is 2.04. The smallest absolute Gasteiger partial charge is 0.118 e. The van der Waals surface area contributed by atoms with Gasteiger partial charge in [0.15, 0.2) is 0 Å². The molecular weight excluding hydrogens is 236 g/mol. The van der Waals surface area contributed by atoms with Crippen LogP contribution >= 0.6 is 0 Å². The Labute approximate surface area is 113 Å². The van der Waals surface area contributed by atoms with Gasteiger partial charge in [0.25, 0.3) is 0 Å². The average molecular weight is 252 g/mol. The molecule has 0 aliphatic rings. The molecule has 1 N–H and O–H groups in total. The van der Waals surface area contributed by atoms with Gasteiger partial charge in [-0.1, -0.05) is 24.3 Å². The number of benzene rings is 2. The van der Waals surface area contributed by atoms with Gasteiger partial charge in [-0.05, 0) is 36.2 Å². The fourth-order valence-electron chi connectivity index (χ4n) is 1.90. The summed E-state index contributed by atoms with van der Waals surface area (Å²) in [5.41, 5.74) is 3.71. The molecule has 96 valence electrons. The van der Waals surface area contributed by atoms with Crippen LogP contribution in [0.2, 0.25) is 0 Å². The first-order chi connectivity index (χ1) is 9.24. The van der Waals surface area contributed by atoms with E-state index in [0.717, 1.165) is 22.6 Å². The second-order valence-electron chi connectivity index (χ2n) is 4.31. The molecule has 0 aromatic heterocycles. The maximum absolute atomic E-state index is 9.16. The van der Waals surface area contributed by atoms with Crippen molar-refractivity contribution < 1.29 is 4.74 Å². The minimum Gasteiger partial charge on any atom is -0.497 e. The Balaban J connectivity index is 2.10. The van der Waals surface area contributed by atoms with Crippen molar-refractivity contribution in [2.75, 3.05) is 12.4 Å². The summed E-state index contributed by atoms with van der Waals surface area (Å²) in [4.78, 5) is 0. The van der Waals surface area contributed by atoms with E-state index in [4.69, 9.17) is 10.00 Å². The van der Waals surface area contributed by atoms with Gasteiger partial charge < -0.3 is 10.1 Å². The molecule has 0 fully saturated rings. The predicted molar refractivity (Wildman–Crippen MR) is 76.2 cm³/mol. The molecule has 0 bridgehead atoms. The maximum atomic E-state index is 9.16. The Morgan fingerprint density at radius 2 is 1.89 bits per heavy atom. The van der Waals surface area contributed by atoms with Crippen LogP contribution in [0, 0.1) is 18.3 Å². The molecule has 0 aliphatic heterocycles. The summed E-state index contributed by atoms with van der Waals surface area (Å²) in [6, 6.07) is 15.9. The number of hydrogen-bond acceptors (Lipinski definition) is 3. The van der Waals surface area contributed by atoms with Crippen LogP contribution in [0.25, 0.3) is 0 Å². The van der Waals surface area contributed by atoms with Gasteiger partial charge in [-0.25, -0.2) is 0 Å². The molecule has 2 aromatic carbocycles. The van der Waals surface area contributed by atoms with E-state index in [2.05, 4.69) is 11.4 Å². The van der Waals surface area contributed by atoms with Crippen LogP contribution in [0.5, 0.6) is 5.75 Å². The minimum atomic E-state index is 0.683. The van der Waals surface area contributed by atoms with Gasteiger partial charge in [-0.2, -0.15) is 5.26 Å². The number of nitriles is 1. The summed E-state index contributed by atoms with van der Waals surface area (Å²) in [6.45, 7) is 2.62. The third-order valence-corrected chi connectivity index (χ3v) is 3.03. The van der Waals surface area contributed by atoms with E-state index >= 15 is 0 Å². The van der Waals surface area contributed by atoms with Gasteiger partial charge in [0.1, 0.15) is 11.8 Å². The summed E-state index contributed by atoms with van der Waals surface area (Å²) in [6.07, 6.45) is 0. The molecule has 0 atom stereocenters. The number of ether oxygens (including phenoxy) is 1. The summed E-state index contributed by atoms with van der Waals surface area (Å²) >= 11 is 0. The summed E-state index contributed by atoms with van der Waals surface area (Å²) < 4.78 is 5.12. The number of methoxy groups -OCH3 is 1. The molecule has 0 saturated carbocycles. The highest BCUT2D eigenvalue weighted by Crippen LogP contribution is 2.19. The lowest BCUT2D eigenvalue weighted by Gasteiger charge is -2.10. The van der Waals surface area contributed by atoms with Crippen LogP contribution < -0.4 is 10.1 Å². The molecule has 0 radical (unpaired) electrons. The number of nitrogens with one attached hydrogen (secondary N) is 1. The molecule has 3 nitrogen and oxygen atoms in total. The van der Waals surface area contributed by atoms with Crippen molar-refractivity contribution in [1.29, 1.82) is 5.26 Å². The minimum absolute atomic E-state index is 0.683. The van der Waals surface area contributed by atoms with E-state index < -0.39 is 0 Å². The van der Waals surface area contributed by atoms with Gasteiger partial charge in [0.2, 0.25) is 0 Å². The molecule has 0 unspecified atom stereocenters. The maximum Gasteiger partial charge on any atom is 0.118 e. The SMILES string of the molecule is COc1ccc(CNc2cccc(C)c2C#N)cc1. The number of anilines is 1. The van der Waals surface area contributed by atoms with Crippen molar-refractivity contribution in [3.8, 4) is 11.8 Å². The largest absolute Gasteiger partial charge is 0.497 e. The molecule has 0 saturated heterocycles. The molecule has 2 rings (SSSR count). The number of aryl methyl sites for hydroxylation is 1. The highest BCUT2D eigenvalue weighted by molar-refractivity contribution is 5.60. The first-order valence-electron chi connectivity index (χ1n) is 6.11. The van der Waals surface area contributed by atoms with Crippen LogP contribution in [0.15, 0.2) is 42.5 Å². The third-order valence-electron chi connectivity index (χ3n) is 3.03. The van der Waals surface area contributed by atoms with Crippen molar-refractivity contribution >= 4 is 5.69 Å². The molecule has 0 aliphatic carbocycles. The fourth-order valence-corrected chi connectivity index (χ4v) is 1.90. The second-order valence-corrected chi connectivity index (χ2v) is 4.31. The van der Waals surface area contributed by atoms with Crippen LogP contribution in [0.4, 0.5) is 5.69 Å². The van der Waals surface area contributed by atoms with Crippen molar-refractivity contribution in [3.63, 3.8) is 0 Å². The summed E-state index contributed by atoms with van der Waals surface area (Å²) in [7, 11) is 1.65. The molecule has 0 spiro atoms. The van der Waals surface area contributed by atoms with Gasteiger partial charge >= 0.3 is 0 Å². The summed E-state index contributed by atoms with van der Waals surface area (Å²) in [5, 5.41) is 12.5. The van der Waals surface area contributed by atoms with Crippen LogP contribution in [-0.4, -0.2) is 7.11 Å². The number of nitrogens with zero attached hydrogens (tertiary/aromatic N) is 1. The van der Waals surface area contributed by atoms with E-state index in [1.165, 1.54) is 0 Å². The Hall–Kier alpha value is -2.47. The monoisotopic (exact) mass is 252 g/mol. The van der Waals surface area contributed by atoms with Gasteiger partial charge in [0, 0.05) is 6.54 Å². The van der Waals surface area contributed by atoms with Crippen molar-refractivity contribution in [3.05, 3.63) is 59.2 Å². The van der Waals surface area contributed by atoms with E-state index in [9.17, 15) is 0 Å². The topological polar surface area (TPSA) is 45.0 Å². The van der Waals surface area contributed by atoms with Crippen LogP contribution in [-0.2, 0) is 6.54 Å². The normalized spacial score (nSPS) is 9.74. The second kappa shape index (κ2) is 5.92. The molecule has 0 amide bonds. The first kappa shape index (κ1) is 13.0. The lowest BCUT2D eigenvalue weighted by atomic mass is 10.1. The first-order valence-corrected chi connectivity index (χ1v) is 6.11. The Morgan fingerprint density at radius 1 is 1.16 bits per heavy atom. The molecule has 3 heteroatoms. The van der Waals surface area contributed by atoms with Crippen LogP contribution in [0.3, 0.4) is 0 Å². The lowest BCUT2D eigenvalue weighted by molar-refractivity contribution is 0.414. The van der Waals surface area contributed by atoms with Crippen molar-refractivity contribution in [1.82, 2.24) is 0 Å².